The average molecular weight is 273 g/mol. The molecule has 0 aromatic carbocycles. The number of rotatable bonds is 3. The van der Waals surface area contributed by atoms with Gasteiger partial charge in [0.05, 0.1) is 4.92 Å². The Morgan fingerprint density at radius 3 is 2.61 bits per heavy atom. The summed E-state index contributed by atoms with van der Waals surface area (Å²) in [6.07, 6.45) is 4.94. The summed E-state index contributed by atoms with van der Waals surface area (Å²) in [7, 11) is 1.84. The summed E-state index contributed by atoms with van der Waals surface area (Å²) in [5.41, 5.74) is 2.19. The Hall–Kier alpha value is -1.80. The highest BCUT2D eigenvalue weighted by atomic mass is 35.5. The van der Waals surface area contributed by atoms with Crippen molar-refractivity contribution in [3.05, 3.63) is 33.9 Å². The van der Waals surface area contributed by atoms with Crippen LogP contribution in [0.3, 0.4) is 0 Å². The molecule has 0 saturated carbocycles. The Morgan fingerprint density at radius 1 is 1.50 bits per heavy atom. The Kier molecular flexibility index (Phi) is 2.91. The number of hydrogen-bond acceptors (Lipinski definition) is 6. The molecule has 1 N–H and O–H groups in total. The summed E-state index contributed by atoms with van der Waals surface area (Å²) in [6, 6.07) is 0. The van der Waals surface area contributed by atoms with Gasteiger partial charge in [0.2, 0.25) is 5.15 Å². The van der Waals surface area contributed by atoms with E-state index in [1.807, 2.05) is 27.1 Å². The van der Waals surface area contributed by atoms with Gasteiger partial charge >= 0.3 is 5.69 Å². The standard InChI is InChI=1S/C9H13ClN6O2/c1-9(2,14-5-4-13(3)12-14)15-6-7(16(17)18)8(10)11-15/h4-6,12H,1-3H3. The van der Waals surface area contributed by atoms with Gasteiger partial charge in [-0.1, -0.05) is 11.6 Å². The van der Waals surface area contributed by atoms with E-state index in [0.717, 1.165) is 0 Å². The molecule has 2 rings (SSSR count). The molecule has 1 aliphatic rings. The minimum atomic E-state index is -0.640. The zero-order valence-corrected chi connectivity index (χ0v) is 10.9. The molecule has 1 aromatic heterocycles. The molecule has 1 aromatic rings. The SMILES string of the molecule is CN1C=CN(C(C)(C)n2cc([N+](=O)[O-])c(Cl)n2)N1. The molecule has 0 aliphatic carbocycles. The maximum atomic E-state index is 10.8. The van der Waals surface area contributed by atoms with Gasteiger partial charge in [-0.3, -0.25) is 20.1 Å². The van der Waals surface area contributed by atoms with Crippen molar-refractivity contribution in [3.8, 4) is 0 Å². The van der Waals surface area contributed by atoms with Crippen molar-refractivity contribution in [1.29, 1.82) is 0 Å². The Balaban J connectivity index is 2.33. The molecule has 0 fully saturated rings. The van der Waals surface area contributed by atoms with Gasteiger partial charge in [-0.25, -0.2) is 4.68 Å². The van der Waals surface area contributed by atoms with E-state index in [2.05, 4.69) is 10.6 Å². The Morgan fingerprint density at radius 2 is 2.17 bits per heavy atom. The summed E-state index contributed by atoms with van der Waals surface area (Å²) in [6.45, 7) is 3.72. The van der Waals surface area contributed by atoms with E-state index >= 15 is 0 Å². The van der Waals surface area contributed by atoms with Crippen molar-refractivity contribution < 1.29 is 4.92 Å². The molecule has 2 heterocycles. The molecular formula is C9H13ClN6O2. The molecule has 1 aliphatic heterocycles. The van der Waals surface area contributed by atoms with E-state index in [0.29, 0.717) is 0 Å². The molecule has 98 valence electrons. The van der Waals surface area contributed by atoms with Gasteiger partial charge in [0, 0.05) is 19.4 Å². The topological polar surface area (TPSA) is 79.5 Å². The number of aromatic nitrogens is 2. The van der Waals surface area contributed by atoms with Crippen LogP contribution in [-0.2, 0) is 5.66 Å². The van der Waals surface area contributed by atoms with Crippen molar-refractivity contribution in [2.45, 2.75) is 19.5 Å². The van der Waals surface area contributed by atoms with Crippen molar-refractivity contribution in [2.75, 3.05) is 7.05 Å². The number of nitro groups is 1. The van der Waals surface area contributed by atoms with Gasteiger partial charge in [0.25, 0.3) is 0 Å². The Bertz CT molecular complexity index is 511. The number of nitrogens with zero attached hydrogens (tertiary/aromatic N) is 5. The Labute approximate surface area is 108 Å². The molecular weight excluding hydrogens is 260 g/mol. The molecule has 0 bridgehead atoms. The maximum Gasteiger partial charge on any atom is 0.326 e. The summed E-state index contributed by atoms with van der Waals surface area (Å²) in [5.74, 6) is 0. The second kappa shape index (κ2) is 4.14. The molecule has 0 unspecified atom stereocenters. The van der Waals surface area contributed by atoms with E-state index in [1.165, 1.54) is 10.9 Å². The third kappa shape index (κ3) is 2.00. The fourth-order valence-electron chi connectivity index (χ4n) is 1.56. The van der Waals surface area contributed by atoms with Crippen molar-refractivity contribution in [1.82, 2.24) is 25.3 Å². The molecule has 0 saturated heterocycles. The lowest BCUT2D eigenvalue weighted by Gasteiger charge is -2.35. The molecule has 8 nitrogen and oxygen atoms in total. The number of nitrogens with one attached hydrogen (secondary N) is 1. The van der Waals surface area contributed by atoms with Crippen molar-refractivity contribution in [2.24, 2.45) is 0 Å². The number of hydrazine groups is 2. The molecule has 0 amide bonds. The zero-order chi connectivity index (χ0) is 13.5. The highest BCUT2D eigenvalue weighted by Gasteiger charge is 2.33. The van der Waals surface area contributed by atoms with Crippen molar-refractivity contribution in [3.63, 3.8) is 0 Å². The highest BCUT2D eigenvalue weighted by Crippen LogP contribution is 2.28. The second-order valence-corrected chi connectivity index (χ2v) is 4.74. The van der Waals surface area contributed by atoms with Crippen LogP contribution in [-0.4, -0.2) is 31.8 Å². The van der Waals surface area contributed by atoms with Crippen LogP contribution < -0.4 is 5.53 Å². The maximum absolute atomic E-state index is 10.8. The smallest absolute Gasteiger partial charge is 0.300 e. The van der Waals surface area contributed by atoms with Crippen LogP contribution in [0, 0.1) is 10.1 Å². The van der Waals surface area contributed by atoms with Gasteiger partial charge in [0.1, 0.15) is 11.9 Å². The highest BCUT2D eigenvalue weighted by molar-refractivity contribution is 6.31. The molecule has 0 spiro atoms. The predicted molar refractivity (Wildman–Crippen MR) is 65.1 cm³/mol. The first kappa shape index (κ1) is 12.7. The van der Waals surface area contributed by atoms with Crippen LogP contribution in [0.4, 0.5) is 5.69 Å². The molecule has 0 atom stereocenters. The van der Waals surface area contributed by atoms with Crippen LogP contribution in [0.1, 0.15) is 13.8 Å². The van der Waals surface area contributed by atoms with E-state index in [-0.39, 0.29) is 10.8 Å². The monoisotopic (exact) mass is 272 g/mol. The zero-order valence-electron chi connectivity index (χ0n) is 10.2. The van der Waals surface area contributed by atoms with Crippen LogP contribution in [0.5, 0.6) is 0 Å². The van der Waals surface area contributed by atoms with E-state index in [1.54, 1.807) is 16.2 Å². The fraction of sp³-hybridized carbons (Fsp3) is 0.444. The minimum Gasteiger partial charge on any atom is -0.300 e. The van der Waals surface area contributed by atoms with Crippen LogP contribution >= 0.6 is 11.6 Å². The fourth-order valence-corrected chi connectivity index (χ4v) is 1.76. The first-order valence-electron chi connectivity index (χ1n) is 5.19. The van der Waals surface area contributed by atoms with Gasteiger partial charge in [-0.15, -0.1) is 5.53 Å². The van der Waals surface area contributed by atoms with E-state index < -0.39 is 10.6 Å². The minimum absolute atomic E-state index is 0.121. The lowest BCUT2D eigenvalue weighted by atomic mass is 10.2. The summed E-state index contributed by atoms with van der Waals surface area (Å²) in [5, 5.41) is 18.1. The lowest BCUT2D eigenvalue weighted by molar-refractivity contribution is -0.384. The summed E-state index contributed by atoms with van der Waals surface area (Å²) >= 11 is 5.74. The van der Waals surface area contributed by atoms with Crippen LogP contribution in [0.15, 0.2) is 18.6 Å². The average Bonchev–Trinajstić information content (AvgIpc) is 2.84. The van der Waals surface area contributed by atoms with Gasteiger partial charge in [-0.2, -0.15) is 5.10 Å². The largest absolute Gasteiger partial charge is 0.326 e. The van der Waals surface area contributed by atoms with Crippen molar-refractivity contribution >= 4 is 17.3 Å². The number of hydrogen-bond donors (Lipinski definition) is 1. The van der Waals surface area contributed by atoms with E-state index in [4.69, 9.17) is 11.6 Å². The van der Waals surface area contributed by atoms with E-state index in [9.17, 15) is 10.1 Å². The summed E-state index contributed by atoms with van der Waals surface area (Å²) in [4.78, 5) is 10.2. The third-order valence-electron chi connectivity index (χ3n) is 2.70. The first-order chi connectivity index (χ1) is 8.32. The first-order valence-corrected chi connectivity index (χ1v) is 5.57. The molecule has 18 heavy (non-hydrogen) atoms. The third-order valence-corrected chi connectivity index (χ3v) is 2.97. The van der Waals surface area contributed by atoms with Gasteiger partial charge in [-0.05, 0) is 13.8 Å². The quantitative estimate of drug-likeness (QED) is 0.659. The van der Waals surface area contributed by atoms with Crippen LogP contribution in [0.25, 0.3) is 0 Å². The van der Waals surface area contributed by atoms with Crippen LogP contribution in [0.2, 0.25) is 5.15 Å². The van der Waals surface area contributed by atoms with Gasteiger partial charge in [0.15, 0.2) is 0 Å². The number of halogens is 1. The lowest BCUT2D eigenvalue weighted by Crippen LogP contribution is -2.51. The normalized spacial score (nSPS) is 15.6. The molecule has 9 heteroatoms. The molecule has 0 radical (unpaired) electrons. The second-order valence-electron chi connectivity index (χ2n) is 4.38. The predicted octanol–water partition coefficient (Wildman–Crippen LogP) is 1.28. The van der Waals surface area contributed by atoms with Gasteiger partial charge < -0.3 is 0 Å². The summed E-state index contributed by atoms with van der Waals surface area (Å²) < 4.78 is 1.45.